The van der Waals surface area contributed by atoms with Gasteiger partial charge in [0.2, 0.25) is 0 Å². The van der Waals surface area contributed by atoms with Crippen molar-refractivity contribution in [3.8, 4) is 0 Å². The zero-order chi connectivity index (χ0) is 13.0. The van der Waals surface area contributed by atoms with Crippen molar-refractivity contribution in [2.75, 3.05) is 0 Å². The fraction of sp³-hybridized carbons (Fsp3) is 0.158. The lowest BCUT2D eigenvalue weighted by atomic mass is 9.85. The first-order chi connectivity index (χ1) is 9.27. The molecule has 2 aromatic rings. The molecule has 0 saturated heterocycles. The van der Waals surface area contributed by atoms with Crippen LogP contribution in [0.4, 0.5) is 0 Å². The van der Waals surface area contributed by atoms with Crippen molar-refractivity contribution in [1.82, 2.24) is 0 Å². The highest BCUT2D eigenvalue weighted by Gasteiger charge is 2.27. The third-order valence-electron chi connectivity index (χ3n) is 4.56. The lowest BCUT2D eigenvalue weighted by Gasteiger charge is -2.18. The second kappa shape index (κ2) is 3.71. The molecule has 2 aromatic carbocycles. The molecule has 0 radical (unpaired) electrons. The molecule has 1 atom stereocenters. The smallest absolute Gasteiger partial charge is 0.0281 e. The van der Waals surface area contributed by atoms with Crippen LogP contribution in [0.25, 0.3) is 16.8 Å². The van der Waals surface area contributed by atoms with Crippen LogP contribution in [0.1, 0.15) is 28.2 Å². The van der Waals surface area contributed by atoms with Gasteiger partial charge in [-0.25, -0.2) is 0 Å². The van der Waals surface area contributed by atoms with Crippen molar-refractivity contribution in [2.45, 2.75) is 19.8 Å². The Bertz CT molecular complexity index is 785. The Morgan fingerprint density at radius 2 is 1.68 bits per heavy atom. The molecule has 0 spiro atoms. The van der Waals surface area contributed by atoms with Gasteiger partial charge >= 0.3 is 0 Å². The van der Waals surface area contributed by atoms with Gasteiger partial charge in [0, 0.05) is 5.92 Å². The highest BCUT2D eigenvalue weighted by Crippen LogP contribution is 2.45. The Morgan fingerprint density at radius 1 is 0.895 bits per heavy atom. The fourth-order valence-electron chi connectivity index (χ4n) is 3.48. The van der Waals surface area contributed by atoms with Crippen LogP contribution in [0.3, 0.4) is 0 Å². The Labute approximate surface area is 113 Å². The van der Waals surface area contributed by atoms with Crippen molar-refractivity contribution < 1.29 is 0 Å². The molecule has 92 valence electrons. The second-order valence-electron chi connectivity index (χ2n) is 5.49. The average molecular weight is 244 g/mol. The maximum atomic E-state index is 2.37. The van der Waals surface area contributed by atoms with Crippen LogP contribution in [0.2, 0.25) is 0 Å². The molecule has 19 heavy (non-hydrogen) atoms. The first kappa shape index (κ1) is 10.8. The van der Waals surface area contributed by atoms with Crippen molar-refractivity contribution in [3.63, 3.8) is 0 Å². The molecule has 4 rings (SSSR count). The summed E-state index contributed by atoms with van der Waals surface area (Å²) in [4.78, 5) is 0. The monoisotopic (exact) mass is 244 g/mol. The first-order valence-corrected chi connectivity index (χ1v) is 6.85. The van der Waals surface area contributed by atoms with Crippen molar-refractivity contribution in [3.05, 3.63) is 76.4 Å². The van der Waals surface area contributed by atoms with E-state index in [1.807, 2.05) is 0 Å². The van der Waals surface area contributed by atoms with Gasteiger partial charge in [0.25, 0.3) is 0 Å². The SMILES string of the molecule is Cc1c2c(c3ccccc3c1C)C=C1C=CC=CC12. The molecule has 0 aliphatic heterocycles. The van der Waals surface area contributed by atoms with Crippen LogP contribution in [-0.4, -0.2) is 0 Å². The van der Waals surface area contributed by atoms with E-state index in [9.17, 15) is 0 Å². The molecule has 0 N–H and O–H groups in total. The number of aryl methyl sites for hydroxylation is 1. The van der Waals surface area contributed by atoms with Gasteiger partial charge in [0.15, 0.2) is 0 Å². The normalized spacial score (nSPS) is 19.5. The zero-order valence-corrected chi connectivity index (χ0v) is 11.3. The topological polar surface area (TPSA) is 0 Å². The van der Waals surface area contributed by atoms with Gasteiger partial charge in [0.05, 0.1) is 0 Å². The minimum Gasteiger partial charge on any atom is -0.0726 e. The third-order valence-corrected chi connectivity index (χ3v) is 4.56. The Morgan fingerprint density at radius 3 is 2.53 bits per heavy atom. The van der Waals surface area contributed by atoms with E-state index in [2.05, 4.69) is 68.5 Å². The van der Waals surface area contributed by atoms with E-state index >= 15 is 0 Å². The zero-order valence-electron chi connectivity index (χ0n) is 11.3. The van der Waals surface area contributed by atoms with Crippen molar-refractivity contribution in [1.29, 1.82) is 0 Å². The molecule has 2 aliphatic rings. The summed E-state index contributed by atoms with van der Waals surface area (Å²) in [5.41, 5.74) is 7.23. The number of benzene rings is 2. The van der Waals surface area contributed by atoms with Crippen LogP contribution < -0.4 is 0 Å². The Hall–Kier alpha value is -2.08. The number of hydrogen-bond acceptors (Lipinski definition) is 0. The summed E-state index contributed by atoms with van der Waals surface area (Å²) in [6, 6.07) is 8.77. The average Bonchev–Trinajstić information content (AvgIpc) is 2.84. The summed E-state index contributed by atoms with van der Waals surface area (Å²) in [5.74, 6) is 0.461. The van der Waals surface area contributed by atoms with E-state index in [-0.39, 0.29) is 0 Å². The molecular weight excluding hydrogens is 228 g/mol. The summed E-state index contributed by atoms with van der Waals surface area (Å²) in [5, 5.41) is 2.78. The molecule has 0 heteroatoms. The van der Waals surface area contributed by atoms with Gasteiger partial charge in [0.1, 0.15) is 0 Å². The molecule has 2 aliphatic carbocycles. The first-order valence-electron chi connectivity index (χ1n) is 6.85. The highest BCUT2D eigenvalue weighted by atomic mass is 14.3. The van der Waals surface area contributed by atoms with Crippen LogP contribution in [0.15, 0.2) is 54.1 Å². The Balaban J connectivity index is 2.16. The van der Waals surface area contributed by atoms with E-state index in [0.717, 1.165) is 0 Å². The van der Waals surface area contributed by atoms with Crippen LogP contribution in [0, 0.1) is 13.8 Å². The minimum absolute atomic E-state index is 0.461. The largest absolute Gasteiger partial charge is 0.0726 e. The van der Waals surface area contributed by atoms with Gasteiger partial charge in [-0.1, -0.05) is 48.6 Å². The van der Waals surface area contributed by atoms with E-state index < -0.39 is 0 Å². The lowest BCUT2D eigenvalue weighted by molar-refractivity contribution is 1.03. The molecule has 0 aromatic heterocycles. The van der Waals surface area contributed by atoms with Crippen molar-refractivity contribution >= 4 is 16.8 Å². The summed E-state index contributed by atoms with van der Waals surface area (Å²) in [6.07, 6.45) is 11.2. The quantitative estimate of drug-likeness (QED) is 0.607. The minimum atomic E-state index is 0.461. The lowest BCUT2D eigenvalue weighted by Crippen LogP contribution is -2.01. The van der Waals surface area contributed by atoms with E-state index in [1.54, 1.807) is 0 Å². The maximum Gasteiger partial charge on any atom is 0.0281 e. The van der Waals surface area contributed by atoms with Gasteiger partial charge in [-0.3, -0.25) is 0 Å². The van der Waals surface area contributed by atoms with E-state index in [0.29, 0.717) is 5.92 Å². The molecule has 0 saturated carbocycles. The predicted molar refractivity (Wildman–Crippen MR) is 82.4 cm³/mol. The van der Waals surface area contributed by atoms with E-state index in [4.69, 9.17) is 0 Å². The number of fused-ring (bicyclic) bond motifs is 5. The van der Waals surface area contributed by atoms with E-state index in [1.165, 1.54) is 38.6 Å². The number of hydrogen-bond donors (Lipinski definition) is 0. The fourth-order valence-corrected chi connectivity index (χ4v) is 3.48. The van der Waals surface area contributed by atoms with Gasteiger partial charge < -0.3 is 0 Å². The summed E-state index contributed by atoms with van der Waals surface area (Å²) in [7, 11) is 0. The molecular formula is C19H16. The highest BCUT2D eigenvalue weighted by molar-refractivity contribution is 5.98. The standard InChI is InChI=1S/C19H16/c1-12-13(2)19-16-9-4-3-7-14(16)11-18(19)17-10-6-5-8-15(12)17/h3-11,16H,1-2H3. The van der Waals surface area contributed by atoms with Gasteiger partial charge in [-0.2, -0.15) is 0 Å². The summed E-state index contributed by atoms with van der Waals surface area (Å²) < 4.78 is 0. The van der Waals surface area contributed by atoms with Crippen LogP contribution in [-0.2, 0) is 0 Å². The Kier molecular flexibility index (Phi) is 2.11. The van der Waals surface area contributed by atoms with Crippen LogP contribution in [0.5, 0.6) is 0 Å². The molecule has 0 fully saturated rings. The van der Waals surface area contributed by atoms with Gasteiger partial charge in [-0.05, 0) is 58.5 Å². The third kappa shape index (κ3) is 1.34. The van der Waals surface area contributed by atoms with Crippen LogP contribution >= 0.6 is 0 Å². The predicted octanol–water partition coefficient (Wildman–Crippen LogP) is 5.06. The summed E-state index contributed by atoms with van der Waals surface area (Å²) in [6.45, 7) is 4.52. The molecule has 0 heterocycles. The molecule has 0 amide bonds. The number of rotatable bonds is 0. The van der Waals surface area contributed by atoms with Crippen molar-refractivity contribution in [2.24, 2.45) is 0 Å². The molecule has 0 nitrogen and oxygen atoms in total. The molecule has 1 unspecified atom stereocenters. The van der Waals surface area contributed by atoms with Gasteiger partial charge in [-0.15, -0.1) is 0 Å². The maximum absolute atomic E-state index is 2.37. The second-order valence-corrected chi connectivity index (χ2v) is 5.49. The molecule has 0 bridgehead atoms. The number of allylic oxidation sites excluding steroid dienone is 5. The summed E-state index contributed by atoms with van der Waals surface area (Å²) >= 11 is 0.